The maximum Gasteiger partial charge on any atom is 0.131 e. The first-order valence-corrected chi connectivity index (χ1v) is 8.27. The van der Waals surface area contributed by atoms with Crippen LogP contribution in [0.25, 0.3) is 0 Å². The molecule has 0 unspecified atom stereocenters. The number of aryl methyl sites for hydroxylation is 2. The molecule has 1 fully saturated rings. The Morgan fingerprint density at radius 1 is 1.00 bits per heavy atom. The van der Waals surface area contributed by atoms with Crippen LogP contribution in [0.3, 0.4) is 0 Å². The van der Waals surface area contributed by atoms with Crippen LogP contribution in [0.15, 0.2) is 0 Å². The van der Waals surface area contributed by atoms with Crippen LogP contribution in [0.2, 0.25) is 0 Å². The average molecular weight is 275 g/mol. The van der Waals surface area contributed by atoms with Crippen molar-refractivity contribution in [1.82, 2.24) is 15.3 Å². The highest BCUT2D eigenvalue weighted by Crippen LogP contribution is 2.30. The summed E-state index contributed by atoms with van der Waals surface area (Å²) >= 11 is 0. The molecule has 1 heterocycles. The fourth-order valence-electron chi connectivity index (χ4n) is 3.24. The summed E-state index contributed by atoms with van der Waals surface area (Å²) in [6.45, 7) is 8.49. The highest BCUT2D eigenvalue weighted by Gasteiger charge is 2.19. The van der Waals surface area contributed by atoms with Gasteiger partial charge in [0.05, 0.1) is 0 Å². The highest BCUT2D eigenvalue weighted by atomic mass is 14.9. The number of hydrogen-bond donors (Lipinski definition) is 1. The molecule has 0 saturated heterocycles. The van der Waals surface area contributed by atoms with Gasteiger partial charge in [-0.3, -0.25) is 0 Å². The molecule has 20 heavy (non-hydrogen) atoms. The summed E-state index contributed by atoms with van der Waals surface area (Å²) in [5.74, 6) is 1.70. The molecule has 3 nitrogen and oxygen atoms in total. The normalized spacial score (nSPS) is 17.1. The van der Waals surface area contributed by atoms with Gasteiger partial charge in [0, 0.05) is 17.3 Å². The molecule has 1 aromatic heterocycles. The molecule has 0 aliphatic heterocycles. The lowest BCUT2D eigenvalue weighted by Gasteiger charge is -2.16. The van der Waals surface area contributed by atoms with E-state index in [0.29, 0.717) is 5.92 Å². The van der Waals surface area contributed by atoms with Crippen molar-refractivity contribution in [2.45, 2.75) is 71.6 Å². The van der Waals surface area contributed by atoms with E-state index in [1.165, 1.54) is 55.5 Å². The van der Waals surface area contributed by atoms with E-state index in [-0.39, 0.29) is 0 Å². The number of aromatic nitrogens is 2. The zero-order chi connectivity index (χ0) is 14.4. The average Bonchev–Trinajstić information content (AvgIpc) is 2.70. The summed E-state index contributed by atoms with van der Waals surface area (Å²) in [6, 6.07) is 0. The SMILES string of the molecule is CCNCCc1c(C)nc(C2CCCCCC2)nc1C. The van der Waals surface area contributed by atoms with Crippen molar-refractivity contribution in [3.8, 4) is 0 Å². The Hall–Kier alpha value is -0.960. The minimum absolute atomic E-state index is 0.595. The first-order chi connectivity index (χ1) is 9.72. The van der Waals surface area contributed by atoms with E-state index in [1.54, 1.807) is 0 Å². The van der Waals surface area contributed by atoms with Crippen LogP contribution in [0.4, 0.5) is 0 Å². The Morgan fingerprint density at radius 2 is 1.60 bits per heavy atom. The van der Waals surface area contributed by atoms with E-state index in [1.807, 2.05) is 0 Å². The standard InChI is InChI=1S/C17H29N3/c1-4-18-12-11-16-13(2)19-17(20-14(16)3)15-9-7-5-6-8-10-15/h15,18H,4-12H2,1-3H3. The van der Waals surface area contributed by atoms with Gasteiger partial charge in [-0.05, 0) is 51.8 Å². The van der Waals surface area contributed by atoms with E-state index in [4.69, 9.17) is 9.97 Å². The van der Waals surface area contributed by atoms with E-state index in [9.17, 15) is 0 Å². The third-order valence-electron chi connectivity index (χ3n) is 4.46. The summed E-state index contributed by atoms with van der Waals surface area (Å²) in [6.07, 6.45) is 9.04. The van der Waals surface area contributed by atoms with E-state index >= 15 is 0 Å². The summed E-state index contributed by atoms with van der Waals surface area (Å²) in [5, 5.41) is 3.38. The van der Waals surface area contributed by atoms with Gasteiger partial charge in [-0.2, -0.15) is 0 Å². The molecule has 0 spiro atoms. The second-order valence-electron chi connectivity index (χ2n) is 6.02. The second-order valence-corrected chi connectivity index (χ2v) is 6.02. The van der Waals surface area contributed by atoms with Gasteiger partial charge in [0.2, 0.25) is 0 Å². The zero-order valence-electron chi connectivity index (χ0n) is 13.3. The Balaban J connectivity index is 2.11. The molecule has 0 radical (unpaired) electrons. The quantitative estimate of drug-likeness (QED) is 0.658. The molecule has 1 aliphatic carbocycles. The maximum absolute atomic E-state index is 4.84. The van der Waals surface area contributed by atoms with Gasteiger partial charge in [0.15, 0.2) is 0 Å². The molecule has 0 amide bonds. The van der Waals surface area contributed by atoms with Crippen molar-refractivity contribution >= 4 is 0 Å². The largest absolute Gasteiger partial charge is 0.317 e. The lowest BCUT2D eigenvalue weighted by Crippen LogP contribution is -2.18. The monoisotopic (exact) mass is 275 g/mol. The molecule has 0 bridgehead atoms. The summed E-state index contributed by atoms with van der Waals surface area (Å²) in [4.78, 5) is 9.68. The first-order valence-electron chi connectivity index (χ1n) is 8.27. The highest BCUT2D eigenvalue weighted by molar-refractivity contribution is 5.25. The lowest BCUT2D eigenvalue weighted by atomic mass is 9.98. The molecular weight excluding hydrogens is 246 g/mol. The fourth-order valence-corrected chi connectivity index (χ4v) is 3.24. The van der Waals surface area contributed by atoms with Gasteiger partial charge in [0.1, 0.15) is 5.82 Å². The van der Waals surface area contributed by atoms with Crippen LogP contribution in [-0.2, 0) is 6.42 Å². The third kappa shape index (κ3) is 4.02. The first kappa shape index (κ1) is 15.4. The number of nitrogens with zero attached hydrogens (tertiary/aromatic N) is 2. The smallest absolute Gasteiger partial charge is 0.131 e. The summed E-state index contributed by atoms with van der Waals surface area (Å²) in [7, 11) is 0. The molecule has 0 atom stereocenters. The van der Waals surface area contributed by atoms with E-state index < -0.39 is 0 Å². The minimum atomic E-state index is 0.595. The van der Waals surface area contributed by atoms with Crippen LogP contribution < -0.4 is 5.32 Å². The van der Waals surface area contributed by atoms with Gasteiger partial charge >= 0.3 is 0 Å². The van der Waals surface area contributed by atoms with Gasteiger partial charge in [-0.25, -0.2) is 9.97 Å². The van der Waals surface area contributed by atoms with Gasteiger partial charge < -0.3 is 5.32 Å². The molecule has 2 rings (SSSR count). The van der Waals surface area contributed by atoms with Crippen molar-refractivity contribution in [1.29, 1.82) is 0 Å². The van der Waals surface area contributed by atoms with Crippen LogP contribution in [0, 0.1) is 13.8 Å². The van der Waals surface area contributed by atoms with E-state index in [0.717, 1.165) is 25.3 Å². The Bertz CT molecular complexity index is 397. The molecular formula is C17H29N3. The van der Waals surface area contributed by atoms with Crippen molar-refractivity contribution in [2.75, 3.05) is 13.1 Å². The molecule has 1 aromatic rings. The van der Waals surface area contributed by atoms with Gasteiger partial charge in [-0.15, -0.1) is 0 Å². The third-order valence-corrected chi connectivity index (χ3v) is 4.46. The van der Waals surface area contributed by atoms with Crippen LogP contribution in [0.5, 0.6) is 0 Å². The van der Waals surface area contributed by atoms with Crippen LogP contribution in [-0.4, -0.2) is 23.1 Å². The number of hydrogen-bond acceptors (Lipinski definition) is 3. The Morgan fingerprint density at radius 3 is 2.15 bits per heavy atom. The molecule has 1 saturated carbocycles. The van der Waals surface area contributed by atoms with E-state index in [2.05, 4.69) is 26.1 Å². The summed E-state index contributed by atoms with van der Waals surface area (Å²) < 4.78 is 0. The Labute approximate surface area is 123 Å². The van der Waals surface area contributed by atoms with Crippen molar-refractivity contribution in [2.24, 2.45) is 0 Å². The lowest BCUT2D eigenvalue weighted by molar-refractivity contribution is 0.554. The van der Waals surface area contributed by atoms with Crippen molar-refractivity contribution < 1.29 is 0 Å². The number of nitrogens with one attached hydrogen (secondary N) is 1. The second kappa shape index (κ2) is 7.72. The summed E-state index contributed by atoms with van der Waals surface area (Å²) in [5.41, 5.74) is 3.72. The van der Waals surface area contributed by atoms with Gasteiger partial charge in [-0.1, -0.05) is 32.6 Å². The fraction of sp³-hybridized carbons (Fsp3) is 0.765. The molecule has 1 aliphatic rings. The predicted molar refractivity (Wildman–Crippen MR) is 84.2 cm³/mol. The molecule has 1 N–H and O–H groups in total. The number of rotatable bonds is 5. The molecule has 0 aromatic carbocycles. The maximum atomic E-state index is 4.84. The number of likely N-dealkylation sites (N-methyl/N-ethyl adjacent to an activating group) is 1. The van der Waals surface area contributed by atoms with Crippen LogP contribution >= 0.6 is 0 Å². The Kier molecular flexibility index (Phi) is 5.96. The van der Waals surface area contributed by atoms with Gasteiger partial charge in [0.25, 0.3) is 0 Å². The van der Waals surface area contributed by atoms with Crippen molar-refractivity contribution in [3.05, 3.63) is 22.8 Å². The molecule has 3 heteroatoms. The predicted octanol–water partition coefficient (Wildman–Crippen LogP) is 3.68. The van der Waals surface area contributed by atoms with Crippen molar-refractivity contribution in [3.63, 3.8) is 0 Å². The topological polar surface area (TPSA) is 37.8 Å². The minimum Gasteiger partial charge on any atom is -0.317 e. The zero-order valence-corrected chi connectivity index (χ0v) is 13.3. The van der Waals surface area contributed by atoms with Crippen LogP contribution in [0.1, 0.15) is 74.1 Å². The molecule has 112 valence electrons.